The molecule has 1 aromatic rings. The third-order valence-electron chi connectivity index (χ3n) is 3.89. The fourth-order valence-electron chi connectivity index (χ4n) is 2.67. The Labute approximate surface area is 124 Å². The van der Waals surface area contributed by atoms with Gasteiger partial charge in [0, 0.05) is 20.1 Å². The average molecular weight is 298 g/mol. The summed E-state index contributed by atoms with van der Waals surface area (Å²) in [5, 5.41) is 8.94. The number of ether oxygens (including phenoxy) is 1. The zero-order valence-electron chi connectivity index (χ0n) is 12.6. The van der Waals surface area contributed by atoms with E-state index in [1.54, 1.807) is 0 Å². The quantitative estimate of drug-likeness (QED) is 0.837. The van der Waals surface area contributed by atoms with Crippen molar-refractivity contribution in [2.24, 2.45) is 5.92 Å². The van der Waals surface area contributed by atoms with Gasteiger partial charge in [0.2, 0.25) is 11.8 Å². The molecule has 2 rings (SSSR count). The van der Waals surface area contributed by atoms with Gasteiger partial charge in [0.05, 0.1) is 19.9 Å². The number of piperidine rings is 1. The Kier molecular flexibility index (Phi) is 5.69. The minimum absolute atomic E-state index is 0.0235. The minimum atomic E-state index is -0.549. The van der Waals surface area contributed by atoms with Crippen molar-refractivity contribution in [3.05, 3.63) is 12.0 Å². The Bertz CT molecular complexity index is 453. The molecule has 0 spiro atoms. The number of nitrogens with zero attached hydrogens (tertiary/aromatic N) is 4. The number of aromatic nitrogens is 2. The first-order valence-electron chi connectivity index (χ1n) is 7.25. The van der Waals surface area contributed by atoms with E-state index in [1.807, 2.05) is 11.9 Å². The van der Waals surface area contributed by atoms with Crippen molar-refractivity contribution in [1.82, 2.24) is 14.9 Å². The predicted molar refractivity (Wildman–Crippen MR) is 78.1 cm³/mol. The smallest absolute Gasteiger partial charge is 0.255 e. The molecule has 0 unspecified atom stereocenters. The molecule has 1 fully saturated rings. The van der Waals surface area contributed by atoms with Crippen LogP contribution in [0.1, 0.15) is 12.8 Å². The molecule has 6 nitrogen and oxygen atoms in total. The van der Waals surface area contributed by atoms with Crippen LogP contribution in [0.4, 0.5) is 10.3 Å². The average Bonchev–Trinajstić information content (AvgIpc) is 2.50. The van der Waals surface area contributed by atoms with Crippen LogP contribution in [0.15, 0.2) is 6.20 Å². The van der Waals surface area contributed by atoms with Crippen LogP contribution >= 0.6 is 0 Å². The maximum absolute atomic E-state index is 13.3. The highest BCUT2D eigenvalue weighted by Gasteiger charge is 2.21. The Balaban J connectivity index is 1.88. The lowest BCUT2D eigenvalue weighted by molar-refractivity contribution is 0.149. The number of methoxy groups -OCH3 is 1. The highest BCUT2D eigenvalue weighted by molar-refractivity contribution is 5.31. The molecule has 1 aromatic heterocycles. The summed E-state index contributed by atoms with van der Waals surface area (Å²) in [4.78, 5) is 12.3. The molecular formula is C14H23FN4O2. The zero-order valence-corrected chi connectivity index (χ0v) is 12.6. The molecule has 1 N–H and O–H groups in total. The second kappa shape index (κ2) is 7.51. The predicted octanol–water partition coefficient (Wildman–Crippen LogP) is 0.765. The van der Waals surface area contributed by atoms with Gasteiger partial charge in [0.25, 0.3) is 5.88 Å². The van der Waals surface area contributed by atoms with Gasteiger partial charge in [-0.25, -0.2) is 4.98 Å². The third-order valence-corrected chi connectivity index (χ3v) is 3.89. The van der Waals surface area contributed by atoms with E-state index in [0.717, 1.165) is 45.2 Å². The summed E-state index contributed by atoms with van der Waals surface area (Å²) in [6.45, 7) is 3.82. The van der Waals surface area contributed by atoms with Crippen molar-refractivity contribution in [2.45, 2.75) is 12.8 Å². The number of likely N-dealkylation sites (tertiary alicyclic amines) is 1. The van der Waals surface area contributed by atoms with Gasteiger partial charge in [-0.15, -0.1) is 0 Å². The van der Waals surface area contributed by atoms with Gasteiger partial charge in [0.15, 0.2) is 0 Å². The topological polar surface area (TPSA) is 61.7 Å². The molecule has 0 amide bonds. The number of aliphatic hydroxyl groups is 1. The molecule has 118 valence electrons. The van der Waals surface area contributed by atoms with E-state index in [-0.39, 0.29) is 12.5 Å². The van der Waals surface area contributed by atoms with Crippen LogP contribution in [0.25, 0.3) is 0 Å². The number of hydrogen-bond donors (Lipinski definition) is 1. The van der Waals surface area contributed by atoms with Gasteiger partial charge in [-0.05, 0) is 31.8 Å². The van der Waals surface area contributed by atoms with E-state index >= 15 is 0 Å². The molecular weight excluding hydrogens is 275 g/mol. The van der Waals surface area contributed by atoms with Crippen molar-refractivity contribution in [3.8, 4) is 5.88 Å². The summed E-state index contributed by atoms with van der Waals surface area (Å²) in [5.74, 6) is 0.465. The van der Waals surface area contributed by atoms with Crippen LogP contribution in [0.3, 0.4) is 0 Å². The van der Waals surface area contributed by atoms with Crippen molar-refractivity contribution in [2.75, 3.05) is 51.8 Å². The van der Waals surface area contributed by atoms with Crippen molar-refractivity contribution in [3.63, 3.8) is 0 Å². The van der Waals surface area contributed by atoms with E-state index in [1.165, 1.54) is 7.11 Å². The van der Waals surface area contributed by atoms with E-state index in [2.05, 4.69) is 14.9 Å². The molecule has 2 heterocycles. The first-order chi connectivity index (χ1) is 10.1. The highest BCUT2D eigenvalue weighted by atomic mass is 19.1. The highest BCUT2D eigenvalue weighted by Crippen LogP contribution is 2.21. The first kappa shape index (κ1) is 15.9. The van der Waals surface area contributed by atoms with Crippen LogP contribution in [0.2, 0.25) is 0 Å². The van der Waals surface area contributed by atoms with Gasteiger partial charge >= 0.3 is 0 Å². The molecule has 0 atom stereocenters. The largest absolute Gasteiger partial charge is 0.479 e. The summed E-state index contributed by atoms with van der Waals surface area (Å²) < 4.78 is 18.2. The summed E-state index contributed by atoms with van der Waals surface area (Å²) in [7, 11) is 3.30. The second-order valence-electron chi connectivity index (χ2n) is 5.42. The molecule has 0 saturated carbocycles. The normalized spacial score (nSPS) is 17.0. The minimum Gasteiger partial charge on any atom is -0.479 e. The summed E-state index contributed by atoms with van der Waals surface area (Å²) in [5.41, 5.74) is 0. The summed E-state index contributed by atoms with van der Waals surface area (Å²) >= 11 is 0. The Hall–Kier alpha value is -1.47. The second-order valence-corrected chi connectivity index (χ2v) is 5.42. The standard InChI is InChI=1S/C14H23FN4O2/c1-18(14-16-9-12(15)13(17-14)21-2)10-11-3-5-19(6-4-11)7-8-20/h9,11,20H,3-8,10H2,1-2H3. The van der Waals surface area contributed by atoms with Crippen LogP contribution in [-0.2, 0) is 0 Å². The van der Waals surface area contributed by atoms with Crippen molar-refractivity contribution in [1.29, 1.82) is 0 Å². The van der Waals surface area contributed by atoms with E-state index in [0.29, 0.717) is 11.9 Å². The Morgan fingerprint density at radius 1 is 1.48 bits per heavy atom. The Morgan fingerprint density at radius 2 is 2.19 bits per heavy atom. The van der Waals surface area contributed by atoms with Crippen LogP contribution in [0.5, 0.6) is 5.88 Å². The van der Waals surface area contributed by atoms with Gasteiger partial charge in [-0.1, -0.05) is 0 Å². The summed E-state index contributed by atoms with van der Waals surface area (Å²) in [6.07, 6.45) is 3.31. The molecule has 7 heteroatoms. The maximum Gasteiger partial charge on any atom is 0.255 e. The lowest BCUT2D eigenvalue weighted by atomic mass is 9.96. The van der Waals surface area contributed by atoms with Crippen LogP contribution in [0, 0.1) is 11.7 Å². The molecule has 0 aliphatic carbocycles. The summed E-state index contributed by atoms with van der Waals surface area (Å²) in [6, 6.07) is 0. The lowest BCUT2D eigenvalue weighted by Crippen LogP contribution is -2.39. The van der Waals surface area contributed by atoms with Gasteiger partial charge in [0.1, 0.15) is 0 Å². The maximum atomic E-state index is 13.3. The molecule has 0 aromatic carbocycles. The molecule has 1 saturated heterocycles. The van der Waals surface area contributed by atoms with Crippen molar-refractivity contribution < 1.29 is 14.2 Å². The number of hydrogen-bond acceptors (Lipinski definition) is 6. The van der Waals surface area contributed by atoms with Crippen molar-refractivity contribution >= 4 is 5.95 Å². The first-order valence-corrected chi connectivity index (χ1v) is 7.25. The third kappa shape index (κ3) is 4.25. The molecule has 0 radical (unpaired) electrons. The van der Waals surface area contributed by atoms with E-state index < -0.39 is 5.82 Å². The number of anilines is 1. The fourth-order valence-corrected chi connectivity index (χ4v) is 2.67. The number of halogens is 1. The van der Waals surface area contributed by atoms with Gasteiger partial charge in [-0.3, -0.25) is 0 Å². The fraction of sp³-hybridized carbons (Fsp3) is 0.714. The number of aliphatic hydroxyl groups excluding tert-OH is 1. The zero-order chi connectivity index (χ0) is 15.2. The van der Waals surface area contributed by atoms with Gasteiger partial charge < -0.3 is 19.6 Å². The van der Waals surface area contributed by atoms with Gasteiger partial charge in [-0.2, -0.15) is 9.37 Å². The molecule has 21 heavy (non-hydrogen) atoms. The molecule has 0 bridgehead atoms. The number of β-amino-alcohol motifs (C(OH)–C–C–N with tert-alkyl or cyclic N) is 1. The van der Waals surface area contributed by atoms with Crippen LogP contribution < -0.4 is 9.64 Å². The number of rotatable bonds is 6. The lowest BCUT2D eigenvalue weighted by Gasteiger charge is -2.33. The molecule has 1 aliphatic heterocycles. The molecule has 1 aliphatic rings. The Morgan fingerprint density at radius 3 is 2.81 bits per heavy atom. The van der Waals surface area contributed by atoms with Crippen LogP contribution in [-0.4, -0.2) is 66.9 Å². The monoisotopic (exact) mass is 298 g/mol. The van der Waals surface area contributed by atoms with E-state index in [4.69, 9.17) is 9.84 Å². The SMILES string of the molecule is COc1nc(N(C)CC2CCN(CCO)CC2)ncc1F. The van der Waals surface area contributed by atoms with E-state index in [9.17, 15) is 4.39 Å².